The number of likely N-dealkylation sites (N-methyl/N-ethyl adjacent to an activating group) is 1. The van der Waals surface area contributed by atoms with E-state index < -0.39 is 5.97 Å². The van der Waals surface area contributed by atoms with Crippen LogP contribution in [-0.2, 0) is 9.53 Å². The van der Waals surface area contributed by atoms with Gasteiger partial charge in [-0.2, -0.15) is 0 Å². The first-order chi connectivity index (χ1) is 12.9. The van der Waals surface area contributed by atoms with Crippen LogP contribution in [0.2, 0.25) is 0 Å². The highest BCUT2D eigenvalue weighted by Crippen LogP contribution is 2.24. The molecule has 1 fully saturated rings. The Morgan fingerprint density at radius 1 is 1.41 bits per heavy atom. The number of aryl methyl sites for hydroxylation is 1. The van der Waals surface area contributed by atoms with E-state index in [1.165, 1.54) is 5.56 Å². The summed E-state index contributed by atoms with van der Waals surface area (Å²) in [4.78, 5) is 19.3. The molecule has 7 heteroatoms. The van der Waals surface area contributed by atoms with E-state index in [9.17, 15) is 4.79 Å². The molecule has 0 radical (unpaired) electrons. The molecule has 1 saturated heterocycles. The monoisotopic (exact) mass is 372 g/mol. The predicted octanol–water partition coefficient (Wildman–Crippen LogP) is 1.96. The second kappa shape index (κ2) is 8.65. The lowest BCUT2D eigenvalue weighted by Crippen LogP contribution is -2.48. The Hall–Kier alpha value is -2.22. The summed E-state index contributed by atoms with van der Waals surface area (Å²) < 4.78 is 7.91. The maximum Gasteiger partial charge on any atom is 0.317 e. The van der Waals surface area contributed by atoms with E-state index >= 15 is 0 Å². The summed E-state index contributed by atoms with van der Waals surface area (Å²) >= 11 is 0. The molecule has 1 aromatic heterocycles. The number of hydrogen-bond acceptors (Lipinski definition) is 5. The van der Waals surface area contributed by atoms with Crippen LogP contribution >= 0.6 is 0 Å². The molecule has 2 heterocycles. The number of carboxylic acid groups (broad SMARTS) is 1. The number of aliphatic carboxylic acids is 1. The Morgan fingerprint density at radius 3 is 2.78 bits per heavy atom. The molecule has 0 bridgehead atoms. The molecule has 0 amide bonds. The van der Waals surface area contributed by atoms with Gasteiger partial charge < -0.3 is 14.4 Å². The SMILES string of the molecule is Cc1nccn1-c1ccc(C(C)N2CCOC(CN(C)CC(=O)O)C2)cc1. The van der Waals surface area contributed by atoms with Crippen molar-refractivity contribution in [3.8, 4) is 5.69 Å². The molecule has 2 unspecified atom stereocenters. The summed E-state index contributed by atoms with van der Waals surface area (Å²) in [6, 6.07) is 8.86. The molecule has 0 aliphatic carbocycles. The van der Waals surface area contributed by atoms with Crippen molar-refractivity contribution < 1.29 is 14.6 Å². The lowest BCUT2D eigenvalue weighted by molar-refractivity contribution is -0.138. The van der Waals surface area contributed by atoms with Crippen LogP contribution in [0.1, 0.15) is 24.4 Å². The summed E-state index contributed by atoms with van der Waals surface area (Å²) in [7, 11) is 1.82. The van der Waals surface area contributed by atoms with Crippen molar-refractivity contribution in [2.45, 2.75) is 26.0 Å². The van der Waals surface area contributed by atoms with E-state index in [1.54, 1.807) is 11.1 Å². The Labute approximate surface area is 160 Å². The number of imidazole rings is 1. The highest BCUT2D eigenvalue weighted by atomic mass is 16.5. The number of carboxylic acids is 1. The Morgan fingerprint density at radius 2 is 2.15 bits per heavy atom. The zero-order valence-electron chi connectivity index (χ0n) is 16.2. The van der Waals surface area contributed by atoms with Crippen LogP contribution < -0.4 is 0 Å². The van der Waals surface area contributed by atoms with Crippen molar-refractivity contribution >= 4 is 5.97 Å². The third kappa shape index (κ3) is 4.94. The molecular weight excluding hydrogens is 344 g/mol. The highest BCUT2D eigenvalue weighted by Gasteiger charge is 2.26. The van der Waals surface area contributed by atoms with Gasteiger partial charge in [-0.1, -0.05) is 12.1 Å². The number of carbonyl (C=O) groups is 1. The normalized spacial score (nSPS) is 19.3. The molecule has 1 N–H and O–H groups in total. The summed E-state index contributed by atoms with van der Waals surface area (Å²) in [5, 5.41) is 8.91. The molecule has 2 atom stereocenters. The fourth-order valence-corrected chi connectivity index (χ4v) is 3.62. The zero-order valence-corrected chi connectivity index (χ0v) is 16.2. The lowest BCUT2D eigenvalue weighted by Gasteiger charge is -2.38. The number of rotatable bonds is 7. The molecule has 2 aromatic rings. The molecule has 1 aromatic carbocycles. The average Bonchev–Trinajstić information content (AvgIpc) is 3.06. The number of aromatic nitrogens is 2. The zero-order chi connectivity index (χ0) is 19.4. The van der Waals surface area contributed by atoms with Crippen molar-refractivity contribution in [1.29, 1.82) is 0 Å². The summed E-state index contributed by atoms with van der Waals surface area (Å²) in [6.07, 6.45) is 3.80. The van der Waals surface area contributed by atoms with E-state index in [-0.39, 0.29) is 18.7 Å². The molecule has 0 spiro atoms. The van der Waals surface area contributed by atoms with Crippen molar-refractivity contribution in [2.75, 3.05) is 39.8 Å². The third-order valence-corrected chi connectivity index (χ3v) is 5.12. The molecular formula is C20H28N4O3. The minimum atomic E-state index is -0.813. The fourth-order valence-electron chi connectivity index (χ4n) is 3.62. The Kier molecular flexibility index (Phi) is 6.26. The first-order valence-electron chi connectivity index (χ1n) is 9.30. The van der Waals surface area contributed by atoms with Gasteiger partial charge in [0.05, 0.1) is 19.3 Å². The van der Waals surface area contributed by atoms with Gasteiger partial charge in [0.1, 0.15) is 5.82 Å². The molecule has 7 nitrogen and oxygen atoms in total. The molecule has 1 aliphatic rings. The van der Waals surface area contributed by atoms with Gasteiger partial charge in [0.2, 0.25) is 0 Å². The Bertz CT molecular complexity index is 759. The number of hydrogen-bond donors (Lipinski definition) is 1. The number of ether oxygens (including phenoxy) is 1. The lowest BCUT2D eigenvalue weighted by atomic mass is 10.0. The van der Waals surface area contributed by atoms with Gasteiger partial charge in [-0.15, -0.1) is 0 Å². The third-order valence-electron chi connectivity index (χ3n) is 5.12. The van der Waals surface area contributed by atoms with Gasteiger partial charge in [-0.25, -0.2) is 4.98 Å². The molecule has 0 saturated carbocycles. The Balaban J connectivity index is 1.62. The van der Waals surface area contributed by atoms with Gasteiger partial charge in [-0.05, 0) is 38.6 Å². The van der Waals surface area contributed by atoms with E-state index in [2.05, 4.69) is 45.6 Å². The van der Waals surface area contributed by atoms with E-state index in [0.717, 1.165) is 24.6 Å². The largest absolute Gasteiger partial charge is 0.480 e. The first-order valence-corrected chi connectivity index (χ1v) is 9.30. The standard InChI is InChI=1S/C20H28N4O3/c1-15(17-4-6-18(7-5-17)24-9-8-21-16(24)2)23-10-11-27-19(13-23)12-22(3)14-20(25)26/h4-9,15,19H,10-14H2,1-3H3,(H,25,26). The second-order valence-corrected chi connectivity index (χ2v) is 7.19. The van der Waals surface area contributed by atoms with Crippen molar-refractivity contribution in [3.63, 3.8) is 0 Å². The minimum Gasteiger partial charge on any atom is -0.480 e. The van der Waals surface area contributed by atoms with Gasteiger partial charge in [0, 0.05) is 43.8 Å². The second-order valence-electron chi connectivity index (χ2n) is 7.19. The maximum absolute atomic E-state index is 10.8. The fraction of sp³-hybridized carbons (Fsp3) is 0.500. The van der Waals surface area contributed by atoms with Gasteiger partial charge in [0.15, 0.2) is 0 Å². The molecule has 146 valence electrons. The molecule has 1 aliphatic heterocycles. The van der Waals surface area contributed by atoms with Gasteiger partial charge >= 0.3 is 5.97 Å². The maximum atomic E-state index is 10.8. The van der Waals surface area contributed by atoms with Crippen LogP contribution in [-0.4, -0.2) is 76.4 Å². The first kappa shape index (κ1) is 19.5. The van der Waals surface area contributed by atoms with E-state index in [1.807, 2.05) is 20.2 Å². The van der Waals surface area contributed by atoms with Crippen LogP contribution in [0.25, 0.3) is 5.69 Å². The van der Waals surface area contributed by atoms with Crippen molar-refractivity contribution in [2.24, 2.45) is 0 Å². The molecule has 3 rings (SSSR count). The quantitative estimate of drug-likeness (QED) is 0.801. The topological polar surface area (TPSA) is 70.8 Å². The number of nitrogens with zero attached hydrogens (tertiary/aromatic N) is 4. The van der Waals surface area contributed by atoms with Crippen LogP contribution in [0.3, 0.4) is 0 Å². The van der Waals surface area contributed by atoms with E-state index in [0.29, 0.717) is 13.2 Å². The smallest absolute Gasteiger partial charge is 0.317 e. The van der Waals surface area contributed by atoms with Crippen LogP contribution in [0.5, 0.6) is 0 Å². The van der Waals surface area contributed by atoms with Crippen LogP contribution in [0.4, 0.5) is 0 Å². The highest BCUT2D eigenvalue weighted by molar-refractivity contribution is 5.69. The minimum absolute atomic E-state index is 0.0263. The van der Waals surface area contributed by atoms with Crippen LogP contribution in [0.15, 0.2) is 36.7 Å². The molecule has 27 heavy (non-hydrogen) atoms. The summed E-state index contributed by atoms with van der Waals surface area (Å²) in [6.45, 7) is 7.20. The van der Waals surface area contributed by atoms with Crippen molar-refractivity contribution in [3.05, 3.63) is 48.0 Å². The summed E-state index contributed by atoms with van der Waals surface area (Å²) in [5.41, 5.74) is 2.37. The van der Waals surface area contributed by atoms with Gasteiger partial charge in [0.25, 0.3) is 0 Å². The summed E-state index contributed by atoms with van der Waals surface area (Å²) in [5.74, 6) is 0.157. The van der Waals surface area contributed by atoms with Gasteiger partial charge in [-0.3, -0.25) is 14.6 Å². The number of benzene rings is 1. The van der Waals surface area contributed by atoms with Crippen molar-refractivity contribution in [1.82, 2.24) is 19.4 Å². The average molecular weight is 372 g/mol. The predicted molar refractivity (Wildman–Crippen MR) is 103 cm³/mol. The van der Waals surface area contributed by atoms with E-state index in [4.69, 9.17) is 9.84 Å². The van der Waals surface area contributed by atoms with Crippen LogP contribution in [0, 0.1) is 6.92 Å². The number of morpholine rings is 1.